The quantitative estimate of drug-likeness (QED) is 0.445. The van der Waals surface area contributed by atoms with Gasteiger partial charge in [-0.15, -0.1) is 5.10 Å². The van der Waals surface area contributed by atoms with Crippen LogP contribution in [0.2, 0.25) is 0 Å². The molecule has 0 radical (unpaired) electrons. The van der Waals surface area contributed by atoms with Crippen LogP contribution in [0, 0.1) is 13.8 Å². The van der Waals surface area contributed by atoms with Gasteiger partial charge in [-0.2, -0.15) is 0 Å². The van der Waals surface area contributed by atoms with Gasteiger partial charge in [0.2, 0.25) is 5.82 Å². The number of hydrogen-bond donors (Lipinski definition) is 1. The average Bonchev–Trinajstić information content (AvgIpc) is 3.16. The van der Waals surface area contributed by atoms with E-state index in [2.05, 4.69) is 31.3 Å². The molecular weight excluding hydrogens is 428 g/mol. The van der Waals surface area contributed by atoms with Crippen molar-refractivity contribution in [3.8, 4) is 17.1 Å². The van der Waals surface area contributed by atoms with Gasteiger partial charge in [0.1, 0.15) is 0 Å². The molecule has 0 aliphatic carbocycles. The second-order valence-corrected chi connectivity index (χ2v) is 7.65. The van der Waals surface area contributed by atoms with Crippen LogP contribution < -0.4 is 5.32 Å². The van der Waals surface area contributed by atoms with Crippen LogP contribution in [-0.4, -0.2) is 20.7 Å². The Labute approximate surface area is 177 Å². The van der Waals surface area contributed by atoms with Crippen molar-refractivity contribution >= 4 is 27.5 Å². The molecule has 1 heterocycles. The Kier molecular flexibility index (Phi) is 5.27. The zero-order valence-corrected chi connectivity index (χ0v) is 17.6. The Bertz CT molecular complexity index is 1180. The van der Waals surface area contributed by atoms with E-state index >= 15 is 0 Å². The van der Waals surface area contributed by atoms with E-state index in [9.17, 15) is 4.79 Å². The number of benzene rings is 3. The Hall–Kier alpha value is -3.25. The molecule has 144 valence electrons. The summed E-state index contributed by atoms with van der Waals surface area (Å²) in [7, 11) is 0. The number of aryl methyl sites for hydroxylation is 2. The summed E-state index contributed by atoms with van der Waals surface area (Å²) in [6.07, 6.45) is 0. The summed E-state index contributed by atoms with van der Waals surface area (Å²) in [5, 5.41) is 7.46. The summed E-state index contributed by atoms with van der Waals surface area (Å²) in [5.41, 5.74) is 4.52. The number of halogens is 1. The molecule has 4 rings (SSSR count). The summed E-state index contributed by atoms with van der Waals surface area (Å²) in [6.45, 7) is 3.96. The molecule has 0 fully saturated rings. The first kappa shape index (κ1) is 19.1. The molecule has 0 aliphatic heterocycles. The van der Waals surface area contributed by atoms with Crippen molar-refractivity contribution in [3.63, 3.8) is 0 Å². The Morgan fingerprint density at radius 3 is 2.24 bits per heavy atom. The third-order valence-corrected chi connectivity index (χ3v) is 5.18. The van der Waals surface area contributed by atoms with Crippen LogP contribution in [0.1, 0.15) is 21.7 Å². The van der Waals surface area contributed by atoms with E-state index in [1.165, 1.54) is 0 Å². The second kappa shape index (κ2) is 8.01. The summed E-state index contributed by atoms with van der Waals surface area (Å²) in [5.74, 6) is 0.390. The van der Waals surface area contributed by atoms with E-state index in [4.69, 9.17) is 0 Å². The maximum atomic E-state index is 12.9. The van der Waals surface area contributed by atoms with E-state index in [0.29, 0.717) is 5.82 Å². The number of aromatic nitrogens is 3. The molecule has 0 bridgehead atoms. The van der Waals surface area contributed by atoms with E-state index < -0.39 is 0 Å². The number of anilines is 1. The fourth-order valence-corrected chi connectivity index (χ4v) is 3.32. The predicted molar refractivity (Wildman–Crippen MR) is 118 cm³/mol. The summed E-state index contributed by atoms with van der Waals surface area (Å²) >= 11 is 3.46. The highest BCUT2D eigenvalue weighted by Gasteiger charge is 2.20. The molecule has 0 aliphatic rings. The van der Waals surface area contributed by atoms with E-state index in [-0.39, 0.29) is 11.7 Å². The van der Waals surface area contributed by atoms with E-state index in [0.717, 1.165) is 32.5 Å². The second-order valence-electron chi connectivity index (χ2n) is 6.73. The molecular formula is C23H19BrN4O. The minimum absolute atomic E-state index is 0.120. The van der Waals surface area contributed by atoms with Gasteiger partial charge in [-0.3, -0.25) is 4.79 Å². The van der Waals surface area contributed by atoms with Crippen molar-refractivity contribution < 1.29 is 4.79 Å². The third kappa shape index (κ3) is 3.98. The van der Waals surface area contributed by atoms with E-state index in [1.54, 1.807) is 4.68 Å². The maximum absolute atomic E-state index is 12.9. The van der Waals surface area contributed by atoms with Crippen LogP contribution >= 0.6 is 15.9 Å². The molecule has 0 saturated heterocycles. The molecule has 0 atom stereocenters. The van der Waals surface area contributed by atoms with Gasteiger partial charge in [0.25, 0.3) is 5.91 Å². The van der Waals surface area contributed by atoms with Crippen LogP contribution in [0.5, 0.6) is 0 Å². The largest absolute Gasteiger partial charge is 0.319 e. The monoisotopic (exact) mass is 446 g/mol. The minimum Gasteiger partial charge on any atom is -0.319 e. The van der Waals surface area contributed by atoms with Crippen LogP contribution in [-0.2, 0) is 0 Å². The Morgan fingerprint density at radius 2 is 1.55 bits per heavy atom. The van der Waals surface area contributed by atoms with Crippen molar-refractivity contribution in [1.29, 1.82) is 0 Å². The highest BCUT2D eigenvalue weighted by atomic mass is 79.9. The lowest BCUT2D eigenvalue weighted by Crippen LogP contribution is -2.15. The van der Waals surface area contributed by atoms with Crippen molar-refractivity contribution in [3.05, 3.63) is 94.2 Å². The fourth-order valence-electron chi connectivity index (χ4n) is 3.05. The molecule has 29 heavy (non-hydrogen) atoms. The third-order valence-electron chi connectivity index (χ3n) is 4.65. The number of amides is 1. The molecule has 0 saturated carbocycles. The van der Waals surface area contributed by atoms with Gasteiger partial charge >= 0.3 is 0 Å². The molecule has 5 nitrogen and oxygen atoms in total. The standard InChI is InChI=1S/C23H19BrN4O/c1-15-7-3-5-9-19(15)25-23(29)21-26-22(17-11-13-18(24)14-12-17)28(27-21)20-10-6-4-8-16(20)2/h3-14H,1-2H3,(H,25,29). The summed E-state index contributed by atoms with van der Waals surface area (Å²) in [4.78, 5) is 17.5. The van der Waals surface area contributed by atoms with Crippen LogP contribution in [0.4, 0.5) is 5.69 Å². The number of nitrogens with one attached hydrogen (secondary N) is 1. The Balaban J connectivity index is 1.79. The molecule has 0 spiro atoms. The normalized spacial score (nSPS) is 10.7. The van der Waals surface area contributed by atoms with Crippen molar-refractivity contribution in [2.75, 3.05) is 5.32 Å². The summed E-state index contributed by atoms with van der Waals surface area (Å²) in [6, 6.07) is 23.3. The molecule has 4 aromatic rings. The highest BCUT2D eigenvalue weighted by Crippen LogP contribution is 2.25. The lowest BCUT2D eigenvalue weighted by molar-refractivity contribution is 0.101. The van der Waals surface area contributed by atoms with Crippen LogP contribution in [0.3, 0.4) is 0 Å². The van der Waals surface area contributed by atoms with Crippen molar-refractivity contribution in [2.45, 2.75) is 13.8 Å². The topological polar surface area (TPSA) is 59.8 Å². The number of para-hydroxylation sites is 2. The zero-order valence-electron chi connectivity index (χ0n) is 16.1. The van der Waals surface area contributed by atoms with Crippen molar-refractivity contribution in [2.24, 2.45) is 0 Å². The van der Waals surface area contributed by atoms with Crippen molar-refractivity contribution in [1.82, 2.24) is 14.8 Å². The number of carbonyl (C=O) groups is 1. The summed E-state index contributed by atoms with van der Waals surface area (Å²) < 4.78 is 2.70. The van der Waals surface area contributed by atoms with Crippen LogP contribution in [0.15, 0.2) is 77.3 Å². The Morgan fingerprint density at radius 1 is 0.897 bits per heavy atom. The lowest BCUT2D eigenvalue weighted by atomic mass is 10.2. The van der Waals surface area contributed by atoms with Gasteiger partial charge in [-0.1, -0.05) is 64.5 Å². The number of rotatable bonds is 4. The number of hydrogen-bond acceptors (Lipinski definition) is 3. The smallest absolute Gasteiger partial charge is 0.295 e. The first-order chi connectivity index (χ1) is 14.0. The number of nitrogens with zero attached hydrogens (tertiary/aromatic N) is 3. The first-order valence-corrected chi connectivity index (χ1v) is 9.98. The first-order valence-electron chi connectivity index (χ1n) is 9.19. The van der Waals surface area contributed by atoms with E-state index in [1.807, 2.05) is 86.6 Å². The molecule has 1 aromatic heterocycles. The molecule has 6 heteroatoms. The lowest BCUT2D eigenvalue weighted by Gasteiger charge is -2.08. The molecule has 3 aromatic carbocycles. The maximum Gasteiger partial charge on any atom is 0.295 e. The number of carbonyl (C=O) groups excluding carboxylic acids is 1. The predicted octanol–water partition coefficient (Wildman–Crippen LogP) is 5.57. The minimum atomic E-state index is -0.343. The van der Waals surface area contributed by atoms with Gasteiger partial charge in [-0.05, 0) is 49.2 Å². The molecule has 1 N–H and O–H groups in total. The van der Waals surface area contributed by atoms with Crippen LogP contribution in [0.25, 0.3) is 17.1 Å². The van der Waals surface area contributed by atoms with Gasteiger partial charge < -0.3 is 5.32 Å². The SMILES string of the molecule is Cc1ccccc1NC(=O)c1nc(-c2ccc(Br)cc2)n(-c2ccccc2C)n1. The van der Waals surface area contributed by atoms with Gasteiger partial charge in [0, 0.05) is 15.7 Å². The fraction of sp³-hybridized carbons (Fsp3) is 0.0870. The highest BCUT2D eigenvalue weighted by molar-refractivity contribution is 9.10. The van der Waals surface area contributed by atoms with Gasteiger partial charge in [0.15, 0.2) is 5.82 Å². The molecule has 1 amide bonds. The average molecular weight is 447 g/mol. The zero-order chi connectivity index (χ0) is 20.4. The van der Waals surface area contributed by atoms with Gasteiger partial charge in [-0.25, -0.2) is 9.67 Å². The van der Waals surface area contributed by atoms with Gasteiger partial charge in [0.05, 0.1) is 5.69 Å². The molecule has 0 unspecified atom stereocenters.